The maximum atomic E-state index is 12.5. The molecular formula is C23H20ClF3N4O3. The lowest BCUT2D eigenvalue weighted by Crippen LogP contribution is -2.52. The Bertz CT molecular complexity index is 1250. The molecule has 1 aliphatic rings. The van der Waals surface area contributed by atoms with Gasteiger partial charge >= 0.3 is 6.36 Å². The first kappa shape index (κ1) is 23.5. The van der Waals surface area contributed by atoms with E-state index in [1.165, 1.54) is 25.6 Å². The second kappa shape index (κ2) is 9.30. The van der Waals surface area contributed by atoms with Crippen molar-refractivity contribution in [1.82, 2.24) is 14.9 Å². The summed E-state index contributed by atoms with van der Waals surface area (Å²) >= 11 is 5.96. The maximum Gasteiger partial charge on any atom is 0.573 e. The zero-order valence-corrected chi connectivity index (χ0v) is 18.8. The minimum atomic E-state index is -4.84. The minimum absolute atomic E-state index is 0.0657. The molecule has 1 aliphatic heterocycles. The zero-order chi connectivity index (χ0) is 24.5. The Balaban J connectivity index is 1.59. The second-order valence-electron chi connectivity index (χ2n) is 7.40. The molecular weight excluding hydrogens is 473 g/mol. The van der Waals surface area contributed by atoms with Crippen molar-refractivity contribution in [2.75, 3.05) is 25.5 Å². The van der Waals surface area contributed by atoms with Gasteiger partial charge in [-0.25, -0.2) is 9.97 Å². The summed E-state index contributed by atoms with van der Waals surface area (Å²) in [7, 11) is 1.54. The second-order valence-corrected chi connectivity index (χ2v) is 7.81. The van der Waals surface area contributed by atoms with Crippen LogP contribution in [0.5, 0.6) is 17.2 Å². The van der Waals surface area contributed by atoms with Gasteiger partial charge in [-0.2, -0.15) is 0 Å². The molecule has 2 heterocycles. The number of anilines is 2. The molecule has 0 radical (unpaired) electrons. The van der Waals surface area contributed by atoms with Gasteiger partial charge in [-0.1, -0.05) is 24.8 Å². The number of benzene rings is 2. The third-order valence-electron chi connectivity index (χ3n) is 5.12. The molecule has 0 amide bonds. The number of aromatic nitrogens is 2. The Morgan fingerprint density at radius 1 is 1.18 bits per heavy atom. The van der Waals surface area contributed by atoms with Crippen molar-refractivity contribution >= 4 is 34.0 Å². The van der Waals surface area contributed by atoms with Crippen LogP contribution >= 0.6 is 11.6 Å². The van der Waals surface area contributed by atoms with Crippen LogP contribution in [-0.2, 0) is 0 Å². The summed E-state index contributed by atoms with van der Waals surface area (Å²) in [4.78, 5) is 10.6. The summed E-state index contributed by atoms with van der Waals surface area (Å²) in [6.45, 7) is 8.96. The van der Waals surface area contributed by atoms with E-state index in [9.17, 15) is 13.2 Å². The van der Waals surface area contributed by atoms with E-state index in [0.29, 0.717) is 47.0 Å². The molecule has 178 valence electrons. The molecule has 0 saturated carbocycles. The van der Waals surface area contributed by atoms with Crippen LogP contribution in [0.25, 0.3) is 10.9 Å². The van der Waals surface area contributed by atoms with Crippen molar-refractivity contribution in [2.45, 2.75) is 12.5 Å². The van der Waals surface area contributed by atoms with E-state index in [1.807, 2.05) is 4.90 Å². The number of likely N-dealkylation sites (tertiary alicyclic amines) is 1. The van der Waals surface area contributed by atoms with Gasteiger partial charge in [-0.05, 0) is 30.3 Å². The number of alkyl halides is 3. The van der Waals surface area contributed by atoms with Gasteiger partial charge in [0.1, 0.15) is 24.0 Å². The summed E-state index contributed by atoms with van der Waals surface area (Å²) in [5.74, 6) is 0.929. The molecule has 1 N–H and O–H groups in total. The van der Waals surface area contributed by atoms with E-state index in [4.69, 9.17) is 21.1 Å². The Kier molecular flexibility index (Phi) is 6.43. The molecule has 0 bridgehead atoms. The Morgan fingerprint density at radius 3 is 2.59 bits per heavy atom. The fraction of sp³-hybridized carbons (Fsp3) is 0.217. The number of nitrogens with zero attached hydrogens (tertiary/aromatic N) is 3. The Hall–Kier alpha value is -3.66. The highest BCUT2D eigenvalue weighted by atomic mass is 35.5. The van der Waals surface area contributed by atoms with Crippen LogP contribution in [-0.4, -0.2) is 47.5 Å². The molecule has 0 unspecified atom stereocenters. The van der Waals surface area contributed by atoms with Crippen LogP contribution in [0.4, 0.5) is 24.7 Å². The van der Waals surface area contributed by atoms with Gasteiger partial charge in [0.25, 0.3) is 0 Å². The van der Waals surface area contributed by atoms with Crippen LogP contribution in [0.2, 0.25) is 5.02 Å². The van der Waals surface area contributed by atoms with Gasteiger partial charge in [0.05, 0.1) is 30.7 Å². The number of methoxy groups -OCH3 is 1. The van der Waals surface area contributed by atoms with Gasteiger partial charge in [0, 0.05) is 22.8 Å². The molecule has 3 aromatic rings. The number of nitrogens with one attached hydrogen (secondary N) is 1. The molecule has 0 atom stereocenters. The first-order chi connectivity index (χ1) is 16.2. The standard InChI is InChI=1S/C23H20ClF3N4O3/c1-4-13(2)31-10-15(11-31)33-21-8-16-18(9-20(21)32-3)28-12-29-22(16)30-14-5-6-19(17(24)7-14)34-23(25,26)27/h4-9,12,15H,1-2,10-11H2,3H3,(H,28,29,30). The molecule has 11 heteroatoms. The molecule has 7 nitrogen and oxygen atoms in total. The summed E-state index contributed by atoms with van der Waals surface area (Å²) in [5.41, 5.74) is 1.83. The van der Waals surface area contributed by atoms with E-state index < -0.39 is 12.1 Å². The van der Waals surface area contributed by atoms with E-state index in [0.717, 1.165) is 11.8 Å². The largest absolute Gasteiger partial charge is 0.573 e. The highest BCUT2D eigenvalue weighted by Gasteiger charge is 2.32. The smallest absolute Gasteiger partial charge is 0.493 e. The molecule has 2 aromatic carbocycles. The SMILES string of the molecule is C=CC(=C)N1CC(Oc2cc3c(Nc4ccc(OC(F)(F)F)c(Cl)c4)ncnc3cc2OC)C1. The maximum absolute atomic E-state index is 12.5. The highest BCUT2D eigenvalue weighted by Crippen LogP contribution is 2.37. The van der Waals surface area contributed by atoms with Crippen molar-refractivity contribution in [3.8, 4) is 17.2 Å². The van der Waals surface area contributed by atoms with Gasteiger partial charge in [-0.3, -0.25) is 0 Å². The minimum Gasteiger partial charge on any atom is -0.493 e. The molecule has 1 fully saturated rings. The summed E-state index contributed by atoms with van der Waals surface area (Å²) in [5, 5.41) is 3.47. The molecule has 4 rings (SSSR count). The number of hydrogen-bond acceptors (Lipinski definition) is 7. The molecule has 0 spiro atoms. The third kappa shape index (κ3) is 5.12. The predicted molar refractivity (Wildman–Crippen MR) is 123 cm³/mol. The lowest BCUT2D eigenvalue weighted by Gasteiger charge is -2.41. The zero-order valence-electron chi connectivity index (χ0n) is 18.0. The quantitative estimate of drug-likeness (QED) is 0.405. The van der Waals surface area contributed by atoms with Crippen molar-refractivity contribution in [1.29, 1.82) is 0 Å². The summed E-state index contributed by atoms with van der Waals surface area (Å²) in [6, 6.07) is 7.32. The normalized spacial score (nSPS) is 13.9. The number of fused-ring (bicyclic) bond motifs is 1. The fourth-order valence-corrected chi connectivity index (χ4v) is 3.61. The van der Waals surface area contributed by atoms with Gasteiger partial charge in [0.15, 0.2) is 11.5 Å². The van der Waals surface area contributed by atoms with Crippen LogP contribution in [0.15, 0.2) is 61.6 Å². The van der Waals surface area contributed by atoms with Gasteiger partial charge < -0.3 is 24.4 Å². The summed E-state index contributed by atoms with van der Waals surface area (Å²) < 4.78 is 53.0. The van der Waals surface area contributed by atoms with Crippen molar-refractivity contribution < 1.29 is 27.4 Å². The topological polar surface area (TPSA) is 68.7 Å². The Morgan fingerprint density at radius 2 is 1.94 bits per heavy atom. The molecule has 0 aliphatic carbocycles. The first-order valence-corrected chi connectivity index (χ1v) is 10.4. The highest BCUT2D eigenvalue weighted by molar-refractivity contribution is 6.32. The lowest BCUT2D eigenvalue weighted by atomic mass is 10.1. The van der Waals surface area contributed by atoms with Crippen LogP contribution < -0.4 is 19.5 Å². The van der Waals surface area contributed by atoms with Gasteiger partial charge in [0.2, 0.25) is 0 Å². The van der Waals surface area contributed by atoms with E-state index in [2.05, 4.69) is 33.2 Å². The lowest BCUT2D eigenvalue weighted by molar-refractivity contribution is -0.274. The van der Waals surface area contributed by atoms with Crippen molar-refractivity contribution in [2.24, 2.45) is 0 Å². The monoisotopic (exact) mass is 492 g/mol. The van der Waals surface area contributed by atoms with Gasteiger partial charge in [-0.15, -0.1) is 13.2 Å². The van der Waals surface area contributed by atoms with E-state index in [-0.39, 0.29) is 11.1 Å². The van der Waals surface area contributed by atoms with E-state index >= 15 is 0 Å². The number of hydrogen-bond donors (Lipinski definition) is 1. The molecule has 1 aromatic heterocycles. The Labute approximate surface area is 198 Å². The van der Waals surface area contributed by atoms with Crippen LogP contribution in [0.3, 0.4) is 0 Å². The first-order valence-electron chi connectivity index (χ1n) is 10.0. The number of allylic oxidation sites excluding steroid dienone is 1. The van der Waals surface area contributed by atoms with E-state index in [1.54, 1.807) is 18.2 Å². The average Bonchev–Trinajstić information content (AvgIpc) is 2.76. The fourth-order valence-electron chi connectivity index (χ4n) is 3.39. The number of ether oxygens (including phenoxy) is 3. The predicted octanol–water partition coefficient (Wildman–Crippen LogP) is 5.70. The number of rotatable bonds is 8. The van der Waals surface area contributed by atoms with Crippen molar-refractivity contribution in [3.63, 3.8) is 0 Å². The number of halogens is 4. The van der Waals surface area contributed by atoms with Crippen LogP contribution in [0, 0.1) is 0 Å². The molecule has 34 heavy (non-hydrogen) atoms. The average molecular weight is 493 g/mol. The summed E-state index contributed by atoms with van der Waals surface area (Å²) in [6.07, 6.45) is -1.86. The van der Waals surface area contributed by atoms with Crippen LogP contribution in [0.1, 0.15) is 0 Å². The third-order valence-corrected chi connectivity index (χ3v) is 5.42. The van der Waals surface area contributed by atoms with Crippen molar-refractivity contribution in [3.05, 3.63) is 66.6 Å². The molecule has 1 saturated heterocycles.